The van der Waals surface area contributed by atoms with Crippen molar-refractivity contribution in [3.8, 4) is 0 Å². The third-order valence-electron chi connectivity index (χ3n) is 3.35. The second-order valence-electron chi connectivity index (χ2n) is 5.87. The third kappa shape index (κ3) is 8.55. The first-order valence-electron chi connectivity index (χ1n) is 7.56. The van der Waals surface area contributed by atoms with Crippen molar-refractivity contribution >= 4 is 12.0 Å². The second-order valence-corrected chi connectivity index (χ2v) is 5.87. The van der Waals surface area contributed by atoms with Crippen molar-refractivity contribution in [2.45, 2.75) is 46.6 Å². The lowest BCUT2D eigenvalue weighted by Crippen LogP contribution is -2.47. The van der Waals surface area contributed by atoms with Crippen LogP contribution >= 0.6 is 0 Å². The number of nitrogens with one attached hydrogen (secondary N) is 1. The maximum absolute atomic E-state index is 12.2. The number of carboxylic acid groups (broad SMARTS) is 1. The summed E-state index contributed by atoms with van der Waals surface area (Å²) in [6.45, 7) is 9.39. The number of hydrogen-bond donors (Lipinski definition) is 2. The van der Waals surface area contributed by atoms with Gasteiger partial charge in [-0.25, -0.2) is 4.79 Å². The predicted octanol–water partition coefficient (Wildman–Crippen LogP) is 2.19. The Morgan fingerprint density at radius 2 is 1.90 bits per heavy atom. The molecule has 0 bridgehead atoms. The molecule has 0 aromatic rings. The zero-order valence-corrected chi connectivity index (χ0v) is 13.9. The van der Waals surface area contributed by atoms with Gasteiger partial charge < -0.3 is 20.1 Å². The second kappa shape index (κ2) is 10.4. The summed E-state index contributed by atoms with van der Waals surface area (Å²) in [5.41, 5.74) is 0. The maximum atomic E-state index is 12.2. The van der Waals surface area contributed by atoms with Crippen LogP contribution in [0.5, 0.6) is 0 Å². The smallest absolute Gasteiger partial charge is 0.317 e. The Labute approximate surface area is 127 Å². The van der Waals surface area contributed by atoms with E-state index in [1.54, 1.807) is 12.0 Å². The molecular formula is C15H30N2O4. The molecule has 0 aliphatic rings. The van der Waals surface area contributed by atoms with E-state index < -0.39 is 5.97 Å². The summed E-state index contributed by atoms with van der Waals surface area (Å²) in [5.74, 6) is -0.459. The fraction of sp³-hybridized carbons (Fsp3) is 0.867. The van der Waals surface area contributed by atoms with Crippen LogP contribution in [0.1, 0.15) is 40.5 Å². The number of carbonyl (C=O) groups is 2. The number of nitrogens with zero attached hydrogens (tertiary/aromatic N) is 1. The number of carbonyl (C=O) groups excluding carboxylic acids is 1. The molecule has 21 heavy (non-hydrogen) atoms. The zero-order valence-electron chi connectivity index (χ0n) is 13.9. The first kappa shape index (κ1) is 19.7. The topological polar surface area (TPSA) is 78.9 Å². The number of hydrogen-bond acceptors (Lipinski definition) is 3. The maximum Gasteiger partial charge on any atom is 0.317 e. The first-order chi connectivity index (χ1) is 9.81. The van der Waals surface area contributed by atoms with Crippen LogP contribution in [0.25, 0.3) is 0 Å². The number of urea groups is 1. The number of amides is 2. The SMILES string of the molecule is CCN(C(=O)NC[C@H](CC(=O)O)CC(C)C)C(C)COC. The highest BCUT2D eigenvalue weighted by molar-refractivity contribution is 5.74. The fourth-order valence-electron chi connectivity index (χ4n) is 2.47. The number of carboxylic acids is 1. The normalized spacial score (nSPS) is 13.8. The number of rotatable bonds is 10. The van der Waals surface area contributed by atoms with E-state index in [9.17, 15) is 9.59 Å². The van der Waals surface area contributed by atoms with Crippen LogP contribution in [-0.2, 0) is 9.53 Å². The summed E-state index contributed by atoms with van der Waals surface area (Å²) in [4.78, 5) is 24.7. The van der Waals surface area contributed by atoms with Crippen LogP contribution in [0.15, 0.2) is 0 Å². The number of likely N-dealkylation sites (N-methyl/N-ethyl adjacent to an activating group) is 1. The Balaban J connectivity index is 4.47. The Morgan fingerprint density at radius 3 is 2.33 bits per heavy atom. The lowest BCUT2D eigenvalue weighted by Gasteiger charge is -2.28. The van der Waals surface area contributed by atoms with Crippen molar-refractivity contribution < 1.29 is 19.4 Å². The van der Waals surface area contributed by atoms with Gasteiger partial charge in [0.05, 0.1) is 12.6 Å². The average Bonchev–Trinajstić information content (AvgIpc) is 2.35. The molecule has 0 saturated carbocycles. The molecule has 0 aromatic carbocycles. The van der Waals surface area contributed by atoms with Crippen molar-refractivity contribution in [1.29, 1.82) is 0 Å². The van der Waals surface area contributed by atoms with Crippen molar-refractivity contribution in [2.24, 2.45) is 11.8 Å². The first-order valence-corrected chi connectivity index (χ1v) is 7.56. The molecular weight excluding hydrogens is 272 g/mol. The van der Waals surface area contributed by atoms with Gasteiger partial charge in [0.25, 0.3) is 0 Å². The van der Waals surface area contributed by atoms with Crippen LogP contribution in [0.2, 0.25) is 0 Å². The van der Waals surface area contributed by atoms with Crippen LogP contribution in [0.3, 0.4) is 0 Å². The summed E-state index contributed by atoms with van der Waals surface area (Å²) < 4.78 is 5.07. The highest BCUT2D eigenvalue weighted by Gasteiger charge is 2.21. The molecule has 2 amide bonds. The molecule has 0 rings (SSSR count). The van der Waals surface area contributed by atoms with Gasteiger partial charge in [-0.2, -0.15) is 0 Å². The minimum Gasteiger partial charge on any atom is -0.481 e. The summed E-state index contributed by atoms with van der Waals surface area (Å²) in [7, 11) is 1.60. The summed E-state index contributed by atoms with van der Waals surface area (Å²) in [6.07, 6.45) is 0.866. The van der Waals surface area contributed by atoms with E-state index >= 15 is 0 Å². The summed E-state index contributed by atoms with van der Waals surface area (Å²) >= 11 is 0. The number of aliphatic carboxylic acids is 1. The molecule has 2 N–H and O–H groups in total. The van der Waals surface area contributed by atoms with Gasteiger partial charge in [0.1, 0.15) is 0 Å². The van der Waals surface area contributed by atoms with E-state index in [2.05, 4.69) is 19.2 Å². The Morgan fingerprint density at radius 1 is 1.29 bits per heavy atom. The number of methoxy groups -OCH3 is 1. The van der Waals surface area contributed by atoms with Gasteiger partial charge in [0, 0.05) is 26.6 Å². The quantitative estimate of drug-likeness (QED) is 0.648. The molecule has 0 saturated heterocycles. The van der Waals surface area contributed by atoms with Gasteiger partial charge in [-0.1, -0.05) is 13.8 Å². The molecule has 124 valence electrons. The van der Waals surface area contributed by atoms with Gasteiger partial charge >= 0.3 is 12.0 Å². The van der Waals surface area contributed by atoms with Gasteiger partial charge in [-0.15, -0.1) is 0 Å². The van der Waals surface area contributed by atoms with Crippen LogP contribution in [-0.4, -0.2) is 54.9 Å². The van der Waals surface area contributed by atoms with Gasteiger partial charge in [-0.3, -0.25) is 4.79 Å². The lowest BCUT2D eigenvalue weighted by molar-refractivity contribution is -0.138. The monoisotopic (exact) mass is 302 g/mol. The van der Waals surface area contributed by atoms with Crippen LogP contribution in [0, 0.1) is 11.8 Å². The van der Waals surface area contributed by atoms with E-state index in [4.69, 9.17) is 9.84 Å². The van der Waals surface area contributed by atoms with Crippen LogP contribution < -0.4 is 5.32 Å². The molecule has 0 spiro atoms. The van der Waals surface area contributed by atoms with Gasteiger partial charge in [0.15, 0.2) is 0 Å². The molecule has 0 aliphatic carbocycles. The van der Waals surface area contributed by atoms with Crippen molar-refractivity contribution in [1.82, 2.24) is 10.2 Å². The van der Waals surface area contributed by atoms with E-state index in [0.29, 0.717) is 25.6 Å². The van der Waals surface area contributed by atoms with E-state index in [1.165, 1.54) is 0 Å². The van der Waals surface area contributed by atoms with Crippen LogP contribution in [0.4, 0.5) is 4.79 Å². The summed E-state index contributed by atoms with van der Waals surface area (Å²) in [5, 5.41) is 11.8. The minimum absolute atomic E-state index is 0.0111. The van der Waals surface area contributed by atoms with Gasteiger partial charge in [-0.05, 0) is 32.1 Å². The third-order valence-corrected chi connectivity index (χ3v) is 3.35. The molecule has 0 heterocycles. The Kier molecular flexibility index (Phi) is 9.78. The molecule has 2 atom stereocenters. The van der Waals surface area contributed by atoms with Crippen molar-refractivity contribution in [2.75, 3.05) is 26.8 Å². The zero-order chi connectivity index (χ0) is 16.4. The minimum atomic E-state index is -0.824. The summed E-state index contributed by atoms with van der Waals surface area (Å²) in [6, 6.07) is -0.177. The van der Waals surface area contributed by atoms with E-state index in [1.807, 2.05) is 13.8 Å². The molecule has 0 radical (unpaired) electrons. The highest BCUT2D eigenvalue weighted by atomic mass is 16.5. The van der Waals surface area contributed by atoms with Crippen molar-refractivity contribution in [3.63, 3.8) is 0 Å². The fourth-order valence-corrected chi connectivity index (χ4v) is 2.47. The predicted molar refractivity (Wildman–Crippen MR) is 82.3 cm³/mol. The Bertz CT molecular complexity index is 321. The lowest BCUT2D eigenvalue weighted by atomic mass is 9.94. The molecule has 6 heteroatoms. The molecule has 0 fully saturated rings. The number of ether oxygens (including phenoxy) is 1. The van der Waals surface area contributed by atoms with Crippen molar-refractivity contribution in [3.05, 3.63) is 0 Å². The van der Waals surface area contributed by atoms with E-state index in [0.717, 1.165) is 6.42 Å². The van der Waals surface area contributed by atoms with E-state index in [-0.39, 0.29) is 24.4 Å². The highest BCUT2D eigenvalue weighted by Crippen LogP contribution is 2.15. The largest absolute Gasteiger partial charge is 0.481 e. The molecule has 0 aromatic heterocycles. The molecule has 0 aliphatic heterocycles. The molecule has 6 nitrogen and oxygen atoms in total. The Hall–Kier alpha value is -1.30. The average molecular weight is 302 g/mol. The molecule has 1 unspecified atom stereocenters. The van der Waals surface area contributed by atoms with Gasteiger partial charge in [0.2, 0.25) is 0 Å². The standard InChI is InChI=1S/C15H30N2O4/c1-6-17(12(4)10-21-5)15(20)16-9-13(7-11(2)3)8-14(18)19/h11-13H,6-10H2,1-5H3,(H,16,20)(H,18,19)/t12?,13-/m0/s1.